The highest BCUT2D eigenvalue weighted by molar-refractivity contribution is 6.60. The zero-order chi connectivity index (χ0) is 14.8. The maximum absolute atomic E-state index is 5.99. The second-order valence-corrected chi connectivity index (χ2v) is 6.45. The van der Waals surface area contributed by atoms with Crippen LogP contribution in [-0.2, 0) is 14.0 Å². The molecule has 0 saturated carbocycles. The zero-order valence-electron chi connectivity index (χ0n) is 12.9. The van der Waals surface area contributed by atoms with E-state index in [0.29, 0.717) is 6.04 Å². The van der Waals surface area contributed by atoms with Crippen LogP contribution in [0.2, 0.25) is 0 Å². The van der Waals surface area contributed by atoms with E-state index in [1.54, 1.807) is 6.20 Å². The number of ether oxygens (including phenoxy) is 1. The summed E-state index contributed by atoms with van der Waals surface area (Å²) in [5, 5.41) is 0. The number of allylic oxidation sites excluding steroid dienone is 1. The van der Waals surface area contributed by atoms with E-state index in [0.717, 1.165) is 31.5 Å². The van der Waals surface area contributed by atoms with Crippen molar-refractivity contribution < 1.29 is 19.0 Å². The SMILES string of the molecule is CC1(C)OB(C(C=[NH+]C2CCOCC2)=CN)OC1(C)C. The van der Waals surface area contributed by atoms with Gasteiger partial charge in [0.05, 0.1) is 29.9 Å². The lowest BCUT2D eigenvalue weighted by atomic mass is 9.79. The normalized spacial score (nSPS) is 27.4. The predicted molar refractivity (Wildman–Crippen MR) is 79.2 cm³/mol. The lowest BCUT2D eigenvalue weighted by molar-refractivity contribution is -0.505. The highest BCUT2D eigenvalue weighted by Crippen LogP contribution is 2.37. The van der Waals surface area contributed by atoms with Gasteiger partial charge in [-0.2, -0.15) is 0 Å². The van der Waals surface area contributed by atoms with Gasteiger partial charge < -0.3 is 19.8 Å². The molecule has 0 bridgehead atoms. The molecule has 2 heterocycles. The lowest BCUT2D eigenvalue weighted by Gasteiger charge is -2.32. The van der Waals surface area contributed by atoms with Crippen LogP contribution < -0.4 is 10.7 Å². The van der Waals surface area contributed by atoms with Crippen LogP contribution in [-0.4, -0.2) is 43.8 Å². The van der Waals surface area contributed by atoms with Crippen LogP contribution in [0, 0.1) is 0 Å². The summed E-state index contributed by atoms with van der Waals surface area (Å²) >= 11 is 0. The van der Waals surface area contributed by atoms with Crippen LogP contribution in [0.5, 0.6) is 0 Å². The smallest absolute Gasteiger partial charge is 0.405 e. The molecule has 0 aliphatic carbocycles. The monoisotopic (exact) mass is 281 g/mol. The first-order chi connectivity index (χ1) is 9.36. The molecule has 0 amide bonds. The van der Waals surface area contributed by atoms with Crippen molar-refractivity contribution in [1.82, 2.24) is 0 Å². The fourth-order valence-electron chi connectivity index (χ4n) is 2.25. The second kappa shape index (κ2) is 5.88. The van der Waals surface area contributed by atoms with Crippen molar-refractivity contribution in [3.05, 3.63) is 11.7 Å². The Balaban J connectivity index is 2.01. The molecule has 0 unspecified atom stereocenters. The summed E-state index contributed by atoms with van der Waals surface area (Å²) in [5.74, 6) is 0. The Morgan fingerprint density at radius 1 is 1.15 bits per heavy atom. The first kappa shape index (κ1) is 15.5. The first-order valence-electron chi connectivity index (χ1n) is 7.30. The Morgan fingerprint density at radius 3 is 2.20 bits per heavy atom. The van der Waals surface area contributed by atoms with Gasteiger partial charge in [0.1, 0.15) is 0 Å². The van der Waals surface area contributed by atoms with E-state index in [1.165, 1.54) is 0 Å². The second-order valence-electron chi connectivity index (χ2n) is 6.45. The predicted octanol–water partition coefficient (Wildman–Crippen LogP) is -0.209. The van der Waals surface area contributed by atoms with Crippen molar-refractivity contribution in [2.24, 2.45) is 5.73 Å². The minimum atomic E-state index is -0.419. The summed E-state index contributed by atoms with van der Waals surface area (Å²) in [4.78, 5) is 3.39. The van der Waals surface area contributed by atoms with Crippen molar-refractivity contribution in [1.29, 1.82) is 0 Å². The van der Waals surface area contributed by atoms with Gasteiger partial charge in [-0.05, 0) is 33.9 Å². The minimum Gasteiger partial charge on any atom is -0.405 e. The summed E-state index contributed by atoms with van der Waals surface area (Å²) in [5.41, 5.74) is 5.86. The van der Waals surface area contributed by atoms with Gasteiger partial charge in [0, 0.05) is 12.8 Å². The van der Waals surface area contributed by atoms with Crippen LogP contribution in [0.1, 0.15) is 40.5 Å². The zero-order valence-corrected chi connectivity index (χ0v) is 12.9. The molecule has 0 aromatic rings. The van der Waals surface area contributed by atoms with Gasteiger partial charge in [-0.15, -0.1) is 0 Å². The molecule has 0 aromatic carbocycles. The maximum Gasteiger partial charge on any atom is 0.502 e. The topological polar surface area (TPSA) is 67.7 Å². The van der Waals surface area contributed by atoms with Gasteiger partial charge >= 0.3 is 7.12 Å². The highest BCUT2D eigenvalue weighted by atomic mass is 16.7. The molecule has 20 heavy (non-hydrogen) atoms. The maximum atomic E-state index is 5.99. The average Bonchev–Trinajstić information content (AvgIpc) is 2.60. The van der Waals surface area contributed by atoms with Crippen molar-refractivity contribution in [2.75, 3.05) is 13.2 Å². The molecule has 0 atom stereocenters. The van der Waals surface area contributed by atoms with E-state index in [9.17, 15) is 0 Å². The third kappa shape index (κ3) is 3.24. The molecule has 3 N–H and O–H groups in total. The molecule has 5 nitrogen and oxygen atoms in total. The molecule has 2 saturated heterocycles. The average molecular weight is 281 g/mol. The Morgan fingerprint density at radius 2 is 1.70 bits per heavy atom. The third-order valence-electron chi connectivity index (χ3n) is 4.42. The molecule has 2 aliphatic rings. The number of hydrogen-bond donors (Lipinski definition) is 2. The van der Waals surface area contributed by atoms with E-state index >= 15 is 0 Å². The molecule has 2 rings (SSSR count). The molecular formula is C14H26BN2O3+. The number of hydrogen-bond acceptors (Lipinski definition) is 4. The molecule has 0 spiro atoms. The number of nitrogens with two attached hydrogens (primary N) is 1. The fraction of sp³-hybridized carbons (Fsp3) is 0.786. The summed E-state index contributed by atoms with van der Waals surface area (Å²) in [7, 11) is -0.419. The molecule has 0 radical (unpaired) electrons. The van der Waals surface area contributed by atoms with Crippen molar-refractivity contribution in [2.45, 2.75) is 57.8 Å². The first-order valence-corrected chi connectivity index (χ1v) is 7.30. The molecule has 112 valence electrons. The van der Waals surface area contributed by atoms with Gasteiger partial charge in [0.25, 0.3) is 0 Å². The fourth-order valence-corrected chi connectivity index (χ4v) is 2.25. The van der Waals surface area contributed by atoms with Gasteiger partial charge in [-0.1, -0.05) is 0 Å². The van der Waals surface area contributed by atoms with E-state index in [-0.39, 0.29) is 11.2 Å². The van der Waals surface area contributed by atoms with Crippen LogP contribution in [0.25, 0.3) is 0 Å². The quantitative estimate of drug-likeness (QED) is 0.555. The van der Waals surface area contributed by atoms with E-state index in [2.05, 4.69) is 4.99 Å². The molecular weight excluding hydrogens is 255 g/mol. The molecule has 6 heteroatoms. The van der Waals surface area contributed by atoms with E-state index in [1.807, 2.05) is 33.9 Å². The standard InChI is InChI=1S/C14H25BN2O3/c1-13(2)14(3,4)20-15(19-13)11(9-16)10-17-12-5-7-18-8-6-12/h9-10,12H,5-8,16H2,1-4H3/p+1. The third-order valence-corrected chi connectivity index (χ3v) is 4.42. The summed E-state index contributed by atoms with van der Waals surface area (Å²) in [6, 6.07) is 0.432. The number of rotatable bonds is 3. The summed E-state index contributed by atoms with van der Waals surface area (Å²) in [6.07, 6.45) is 5.49. The van der Waals surface area contributed by atoms with E-state index < -0.39 is 7.12 Å². The van der Waals surface area contributed by atoms with Gasteiger partial charge in [0.2, 0.25) is 0 Å². The Labute approximate surface area is 121 Å². The van der Waals surface area contributed by atoms with Crippen LogP contribution in [0.4, 0.5) is 0 Å². The Bertz CT molecular complexity index is 385. The van der Waals surface area contributed by atoms with Gasteiger partial charge in [-0.25, -0.2) is 4.99 Å². The highest BCUT2D eigenvalue weighted by Gasteiger charge is 2.52. The lowest BCUT2D eigenvalue weighted by Crippen LogP contribution is -2.78. The van der Waals surface area contributed by atoms with Crippen LogP contribution >= 0.6 is 0 Å². The summed E-state index contributed by atoms with van der Waals surface area (Å²) in [6.45, 7) is 9.76. The van der Waals surface area contributed by atoms with Gasteiger partial charge in [0.15, 0.2) is 12.3 Å². The van der Waals surface area contributed by atoms with Crippen molar-refractivity contribution in [3.8, 4) is 0 Å². The number of nitrogens with one attached hydrogen (secondary N) is 1. The molecule has 2 aliphatic heterocycles. The van der Waals surface area contributed by atoms with Crippen molar-refractivity contribution in [3.63, 3.8) is 0 Å². The minimum absolute atomic E-state index is 0.349. The largest absolute Gasteiger partial charge is 0.502 e. The Hall–Kier alpha value is -0.845. The molecule has 2 fully saturated rings. The van der Waals surface area contributed by atoms with Gasteiger partial charge in [-0.3, -0.25) is 0 Å². The van der Waals surface area contributed by atoms with Crippen molar-refractivity contribution >= 4 is 13.3 Å². The molecule has 0 aromatic heterocycles. The van der Waals surface area contributed by atoms with E-state index in [4.69, 9.17) is 19.8 Å². The van der Waals surface area contributed by atoms with Crippen LogP contribution in [0.15, 0.2) is 11.7 Å². The van der Waals surface area contributed by atoms with Crippen LogP contribution in [0.3, 0.4) is 0 Å². The summed E-state index contributed by atoms with van der Waals surface area (Å²) < 4.78 is 17.3. The Kier molecular flexibility index (Phi) is 4.57.